The van der Waals surface area contributed by atoms with E-state index in [4.69, 9.17) is 24.3 Å². The number of unbranched alkanes of at least 4 members (excludes halogenated alkanes) is 21. The van der Waals surface area contributed by atoms with Gasteiger partial charge in [-0.1, -0.05) is 226 Å². The molecular weight excluding hydrogens is 906 g/mol. The third-order valence-electron chi connectivity index (χ3n) is 11.6. The molecule has 2 atom stereocenters. The topological polar surface area (TPSA) is 134 Å². The number of carbonyl (C=O) groups excluding carboxylic acids is 2. The zero-order valence-corrected chi connectivity index (χ0v) is 46.1. The third-order valence-corrected chi connectivity index (χ3v) is 12.6. The van der Waals surface area contributed by atoms with E-state index in [1.165, 1.54) is 89.9 Å². The fourth-order valence-corrected chi connectivity index (χ4v) is 8.23. The highest BCUT2D eigenvalue weighted by Gasteiger charge is 2.26. The Hall–Kier alpha value is -3.33. The average molecular weight is 1010 g/mol. The number of hydrogen-bond acceptors (Lipinski definition) is 8. The molecule has 0 aromatic carbocycles. The lowest BCUT2D eigenvalue weighted by molar-refractivity contribution is -0.161. The summed E-state index contributed by atoms with van der Waals surface area (Å²) in [6, 6.07) is 0. The number of ether oxygens (including phenoxy) is 2. The molecule has 71 heavy (non-hydrogen) atoms. The number of phosphoric acid groups is 1. The minimum atomic E-state index is -4.40. The van der Waals surface area contributed by atoms with E-state index in [9.17, 15) is 19.0 Å². The van der Waals surface area contributed by atoms with E-state index in [1.807, 2.05) is 0 Å². The van der Waals surface area contributed by atoms with E-state index < -0.39 is 32.5 Å². The zero-order valence-electron chi connectivity index (χ0n) is 45.2. The Morgan fingerprint density at radius 3 is 1.15 bits per heavy atom. The molecule has 0 fully saturated rings. The van der Waals surface area contributed by atoms with Gasteiger partial charge in [-0.05, 0) is 103 Å². The van der Waals surface area contributed by atoms with Crippen LogP contribution in [0.2, 0.25) is 0 Å². The fourth-order valence-electron chi connectivity index (χ4n) is 7.47. The summed E-state index contributed by atoms with van der Waals surface area (Å²) >= 11 is 0. The average Bonchev–Trinajstić information content (AvgIpc) is 3.36. The lowest BCUT2D eigenvalue weighted by Crippen LogP contribution is -2.29. The maximum atomic E-state index is 12.7. The van der Waals surface area contributed by atoms with E-state index in [0.717, 1.165) is 109 Å². The molecule has 0 rings (SSSR count). The van der Waals surface area contributed by atoms with Crippen LogP contribution in [0.4, 0.5) is 0 Å². The third kappa shape index (κ3) is 55.8. The molecular formula is C61H104NO8P. The summed E-state index contributed by atoms with van der Waals surface area (Å²) in [5.74, 6) is -0.850. The summed E-state index contributed by atoms with van der Waals surface area (Å²) in [4.78, 5) is 35.2. The van der Waals surface area contributed by atoms with Crippen molar-refractivity contribution in [2.24, 2.45) is 5.73 Å². The van der Waals surface area contributed by atoms with Crippen molar-refractivity contribution < 1.29 is 37.6 Å². The summed E-state index contributed by atoms with van der Waals surface area (Å²) in [5.41, 5.74) is 5.38. The van der Waals surface area contributed by atoms with Crippen molar-refractivity contribution in [3.8, 4) is 0 Å². The molecule has 0 aliphatic carbocycles. The highest BCUT2D eigenvalue weighted by molar-refractivity contribution is 7.47. The van der Waals surface area contributed by atoms with Crippen LogP contribution in [0.5, 0.6) is 0 Å². The molecule has 406 valence electrons. The highest BCUT2D eigenvalue weighted by atomic mass is 31.2. The number of esters is 2. The number of nitrogens with two attached hydrogens (primary N) is 1. The molecule has 0 spiro atoms. The van der Waals surface area contributed by atoms with Gasteiger partial charge in [0.1, 0.15) is 6.61 Å². The van der Waals surface area contributed by atoms with Crippen LogP contribution in [0.15, 0.2) is 109 Å². The first kappa shape index (κ1) is 67.7. The van der Waals surface area contributed by atoms with Gasteiger partial charge < -0.3 is 20.1 Å². The fraction of sp³-hybridized carbons (Fsp3) is 0.672. The van der Waals surface area contributed by atoms with Gasteiger partial charge in [-0.25, -0.2) is 4.57 Å². The van der Waals surface area contributed by atoms with E-state index in [1.54, 1.807) is 0 Å². The van der Waals surface area contributed by atoms with Crippen LogP contribution in [0.1, 0.15) is 232 Å². The first-order chi connectivity index (χ1) is 34.8. The quantitative estimate of drug-likeness (QED) is 0.0264. The maximum absolute atomic E-state index is 12.7. The minimum absolute atomic E-state index is 0.0452. The van der Waals surface area contributed by atoms with Crippen molar-refractivity contribution in [2.45, 2.75) is 238 Å². The van der Waals surface area contributed by atoms with Crippen LogP contribution >= 0.6 is 7.82 Å². The normalized spacial score (nSPS) is 13.9. The molecule has 3 N–H and O–H groups in total. The number of rotatable bonds is 52. The summed E-state index contributed by atoms with van der Waals surface area (Å²) in [6.45, 7) is 3.60. The largest absolute Gasteiger partial charge is 0.472 e. The van der Waals surface area contributed by atoms with Crippen molar-refractivity contribution in [3.63, 3.8) is 0 Å². The van der Waals surface area contributed by atoms with Crippen molar-refractivity contribution in [1.29, 1.82) is 0 Å². The van der Waals surface area contributed by atoms with Crippen LogP contribution in [0, 0.1) is 0 Å². The van der Waals surface area contributed by atoms with Crippen LogP contribution in [0.3, 0.4) is 0 Å². The molecule has 9 nitrogen and oxygen atoms in total. The number of allylic oxidation sites excluding steroid dienone is 18. The Morgan fingerprint density at radius 2 is 0.775 bits per heavy atom. The first-order valence-electron chi connectivity index (χ1n) is 28.4. The maximum Gasteiger partial charge on any atom is 0.472 e. The SMILES string of the molecule is CC/C=C\C/C=C\C/C=C\C/C=C\C/C=C\C/C=C\C/C=C\CCCCCCCCCC(=O)OC(COC(=O)CCCCCCCCCCC/C=C\C/C=C\CCCCCCC)COP(=O)(O)OCCN. The molecule has 0 aliphatic heterocycles. The van der Waals surface area contributed by atoms with Gasteiger partial charge in [-0.3, -0.25) is 18.6 Å². The zero-order chi connectivity index (χ0) is 51.7. The Labute approximate surface area is 435 Å². The number of carbonyl (C=O) groups is 2. The van der Waals surface area contributed by atoms with E-state index >= 15 is 0 Å². The predicted octanol–water partition coefficient (Wildman–Crippen LogP) is 17.8. The standard InChI is InChI=1S/C61H104NO8P/c1-3-5-7-9-11-13-15-17-19-21-23-25-26-27-28-29-30-31-32-34-36-38-40-42-44-46-48-50-52-54-61(64)70-59(58-69-71(65,66)68-56-55-62)57-67-60(63)53-51-49-47-45-43-41-39-37-35-33-24-22-20-18-16-14-12-10-8-6-4-2/h5,7,11,13,16-19,22-25,27-28,30-31,34,36,59H,3-4,6,8-10,12,14-15,20-21,26,29,32-33,35,37-58,62H2,1-2H3,(H,65,66)/b7-5-,13-11-,18-16-,19-17-,24-22-,25-23-,28-27-,31-30-,36-34-. The van der Waals surface area contributed by atoms with Gasteiger partial charge in [0, 0.05) is 19.4 Å². The lowest BCUT2D eigenvalue weighted by Gasteiger charge is -2.19. The predicted molar refractivity (Wildman–Crippen MR) is 302 cm³/mol. The van der Waals surface area contributed by atoms with E-state index in [0.29, 0.717) is 6.42 Å². The Balaban J connectivity index is 4.07. The van der Waals surface area contributed by atoms with E-state index in [2.05, 4.69) is 123 Å². The number of hydrogen-bond donors (Lipinski definition) is 2. The monoisotopic (exact) mass is 1010 g/mol. The molecule has 0 amide bonds. The van der Waals surface area contributed by atoms with Gasteiger partial charge in [0.25, 0.3) is 0 Å². The van der Waals surface area contributed by atoms with Crippen LogP contribution < -0.4 is 5.73 Å². The molecule has 0 saturated heterocycles. The van der Waals surface area contributed by atoms with Gasteiger partial charge in [-0.15, -0.1) is 0 Å². The van der Waals surface area contributed by atoms with Crippen LogP contribution in [-0.2, 0) is 32.7 Å². The Bertz CT molecular complexity index is 1530. The minimum Gasteiger partial charge on any atom is -0.462 e. The molecule has 0 radical (unpaired) electrons. The summed E-state index contributed by atoms with van der Waals surface area (Å²) in [7, 11) is -4.40. The van der Waals surface area contributed by atoms with Crippen molar-refractivity contribution in [2.75, 3.05) is 26.4 Å². The van der Waals surface area contributed by atoms with Crippen LogP contribution in [-0.4, -0.2) is 49.3 Å². The molecule has 0 aliphatic rings. The number of phosphoric ester groups is 1. The van der Waals surface area contributed by atoms with Crippen molar-refractivity contribution in [1.82, 2.24) is 0 Å². The molecule has 10 heteroatoms. The first-order valence-corrected chi connectivity index (χ1v) is 29.9. The van der Waals surface area contributed by atoms with Gasteiger partial charge in [0.05, 0.1) is 13.2 Å². The smallest absolute Gasteiger partial charge is 0.462 e. The Kier molecular flexibility index (Phi) is 53.3. The summed E-state index contributed by atoms with van der Waals surface area (Å²) < 4.78 is 33.0. The second-order valence-electron chi connectivity index (χ2n) is 18.4. The second kappa shape index (κ2) is 56.0. The summed E-state index contributed by atoms with van der Waals surface area (Å²) in [6.07, 6.45) is 75.6. The van der Waals surface area contributed by atoms with E-state index in [-0.39, 0.29) is 32.6 Å². The van der Waals surface area contributed by atoms with Gasteiger partial charge in [0.15, 0.2) is 6.10 Å². The molecule has 0 aromatic rings. The van der Waals surface area contributed by atoms with Gasteiger partial charge in [0.2, 0.25) is 0 Å². The van der Waals surface area contributed by atoms with Crippen molar-refractivity contribution >= 4 is 19.8 Å². The van der Waals surface area contributed by atoms with Gasteiger partial charge >= 0.3 is 19.8 Å². The van der Waals surface area contributed by atoms with Crippen LogP contribution in [0.25, 0.3) is 0 Å². The lowest BCUT2D eigenvalue weighted by atomic mass is 10.1. The van der Waals surface area contributed by atoms with Gasteiger partial charge in [-0.2, -0.15) is 0 Å². The molecule has 0 bridgehead atoms. The Morgan fingerprint density at radius 1 is 0.437 bits per heavy atom. The molecule has 0 heterocycles. The van der Waals surface area contributed by atoms with Crippen molar-refractivity contribution in [3.05, 3.63) is 109 Å². The molecule has 0 saturated carbocycles. The molecule has 0 aromatic heterocycles. The summed E-state index contributed by atoms with van der Waals surface area (Å²) in [5, 5.41) is 0. The second-order valence-corrected chi connectivity index (χ2v) is 19.9. The molecule has 2 unspecified atom stereocenters. The highest BCUT2D eigenvalue weighted by Crippen LogP contribution is 2.43.